The van der Waals surface area contributed by atoms with Gasteiger partial charge in [0, 0.05) is 12.0 Å². The molecule has 1 fully saturated rings. The second-order valence-electron chi connectivity index (χ2n) is 5.17. The van der Waals surface area contributed by atoms with Crippen LogP contribution in [0.4, 0.5) is 4.39 Å². The molecule has 3 unspecified atom stereocenters. The van der Waals surface area contributed by atoms with Crippen molar-refractivity contribution in [1.82, 2.24) is 5.32 Å². The molecule has 1 aliphatic carbocycles. The highest BCUT2D eigenvalue weighted by Gasteiger charge is 2.28. The first-order valence-electron chi connectivity index (χ1n) is 6.48. The van der Waals surface area contributed by atoms with E-state index in [2.05, 4.69) is 5.32 Å². The van der Waals surface area contributed by atoms with Crippen LogP contribution in [0.1, 0.15) is 37.8 Å². The van der Waals surface area contributed by atoms with E-state index in [-0.39, 0.29) is 41.3 Å². The largest absolute Gasteiger partial charge is 0.349 e. The summed E-state index contributed by atoms with van der Waals surface area (Å²) in [4.78, 5) is 12.1. The number of rotatable bonds is 3. The second-order valence-corrected chi connectivity index (χ2v) is 5.58. The van der Waals surface area contributed by atoms with Gasteiger partial charge in [-0.05, 0) is 43.9 Å². The van der Waals surface area contributed by atoms with Crippen LogP contribution in [0.2, 0.25) is 5.02 Å². The van der Waals surface area contributed by atoms with Crippen LogP contribution in [0.25, 0.3) is 0 Å². The molecule has 0 saturated heterocycles. The predicted molar refractivity (Wildman–Crippen MR) is 80.5 cm³/mol. The lowest BCUT2D eigenvalue weighted by Gasteiger charge is -2.17. The first-order chi connectivity index (χ1) is 8.97. The van der Waals surface area contributed by atoms with Gasteiger partial charge in [0.25, 0.3) is 0 Å². The molecular weight excluding hydrogens is 302 g/mol. The first-order valence-corrected chi connectivity index (χ1v) is 6.86. The third-order valence-electron chi connectivity index (χ3n) is 3.65. The summed E-state index contributed by atoms with van der Waals surface area (Å²) in [6.07, 6.45) is 2.47. The van der Waals surface area contributed by atoms with Crippen molar-refractivity contribution >= 4 is 29.9 Å². The molecule has 112 valence electrons. The van der Waals surface area contributed by atoms with E-state index in [4.69, 9.17) is 17.3 Å². The molecule has 3 N–H and O–H groups in total. The van der Waals surface area contributed by atoms with Gasteiger partial charge in [0.05, 0.1) is 11.1 Å². The maximum absolute atomic E-state index is 13.1. The summed E-state index contributed by atoms with van der Waals surface area (Å²) in [5.41, 5.74) is 6.60. The maximum atomic E-state index is 13.1. The molecule has 20 heavy (non-hydrogen) atoms. The second kappa shape index (κ2) is 7.25. The monoisotopic (exact) mass is 320 g/mol. The standard InChI is InChI=1S/C14H18ClFN2O.ClH/c1-8(9-3-5-13(16)12(15)7-9)18-14(19)10-2-4-11(17)6-10;/h3,5,7-8,10-11H,2,4,6,17H2,1H3,(H,18,19);1H. The van der Waals surface area contributed by atoms with Crippen molar-refractivity contribution in [2.45, 2.75) is 38.3 Å². The molecule has 3 nitrogen and oxygen atoms in total. The number of nitrogens with one attached hydrogen (secondary N) is 1. The first kappa shape index (κ1) is 17.2. The highest BCUT2D eigenvalue weighted by atomic mass is 35.5. The molecule has 1 aromatic rings. The van der Waals surface area contributed by atoms with Crippen LogP contribution in [0.3, 0.4) is 0 Å². The molecule has 3 atom stereocenters. The molecule has 1 aromatic carbocycles. The lowest BCUT2D eigenvalue weighted by atomic mass is 10.0. The van der Waals surface area contributed by atoms with Crippen molar-refractivity contribution in [2.75, 3.05) is 0 Å². The van der Waals surface area contributed by atoms with Crippen molar-refractivity contribution in [3.05, 3.63) is 34.6 Å². The topological polar surface area (TPSA) is 55.1 Å². The summed E-state index contributed by atoms with van der Waals surface area (Å²) in [5, 5.41) is 3.00. The normalized spacial score (nSPS) is 23.0. The summed E-state index contributed by atoms with van der Waals surface area (Å²) in [6, 6.07) is 4.43. The maximum Gasteiger partial charge on any atom is 0.223 e. The Kier molecular flexibility index (Phi) is 6.24. The molecule has 2 rings (SSSR count). The zero-order valence-electron chi connectivity index (χ0n) is 11.2. The van der Waals surface area contributed by atoms with E-state index < -0.39 is 5.82 Å². The van der Waals surface area contributed by atoms with Crippen LogP contribution in [0, 0.1) is 11.7 Å². The molecule has 6 heteroatoms. The zero-order valence-corrected chi connectivity index (χ0v) is 12.8. The van der Waals surface area contributed by atoms with Gasteiger partial charge in [-0.15, -0.1) is 12.4 Å². The third-order valence-corrected chi connectivity index (χ3v) is 3.94. The van der Waals surface area contributed by atoms with Crippen LogP contribution in [0.5, 0.6) is 0 Å². The highest BCUT2D eigenvalue weighted by Crippen LogP contribution is 2.26. The van der Waals surface area contributed by atoms with Gasteiger partial charge in [0.1, 0.15) is 5.82 Å². The third kappa shape index (κ3) is 4.08. The van der Waals surface area contributed by atoms with E-state index in [1.807, 2.05) is 6.92 Å². The van der Waals surface area contributed by atoms with Crippen molar-refractivity contribution < 1.29 is 9.18 Å². The van der Waals surface area contributed by atoms with Crippen molar-refractivity contribution in [2.24, 2.45) is 11.7 Å². The number of amides is 1. The van der Waals surface area contributed by atoms with Gasteiger partial charge in [0.2, 0.25) is 5.91 Å². The Morgan fingerprint density at radius 3 is 2.75 bits per heavy atom. The number of carbonyl (C=O) groups excluding carboxylic acids is 1. The fraction of sp³-hybridized carbons (Fsp3) is 0.500. The molecule has 1 amide bonds. The van der Waals surface area contributed by atoms with Gasteiger partial charge in [-0.1, -0.05) is 17.7 Å². The lowest BCUT2D eigenvalue weighted by Crippen LogP contribution is -2.32. The van der Waals surface area contributed by atoms with E-state index in [0.717, 1.165) is 24.8 Å². The Bertz CT molecular complexity index is 484. The zero-order chi connectivity index (χ0) is 14.0. The number of halogens is 3. The molecule has 0 aliphatic heterocycles. The number of nitrogens with two attached hydrogens (primary N) is 1. The van der Waals surface area contributed by atoms with Gasteiger partial charge >= 0.3 is 0 Å². The SMILES string of the molecule is CC(NC(=O)C1CCC(N)C1)c1ccc(F)c(Cl)c1.Cl. The number of benzene rings is 1. The summed E-state index contributed by atoms with van der Waals surface area (Å²) in [5.74, 6) is -0.444. The molecule has 0 heterocycles. The average Bonchev–Trinajstić information content (AvgIpc) is 2.79. The van der Waals surface area contributed by atoms with Crippen molar-refractivity contribution in [3.63, 3.8) is 0 Å². The predicted octanol–water partition coefficient (Wildman–Crippen LogP) is 3.21. The Morgan fingerprint density at radius 1 is 1.50 bits per heavy atom. The van der Waals surface area contributed by atoms with Crippen LogP contribution < -0.4 is 11.1 Å². The van der Waals surface area contributed by atoms with Gasteiger partial charge < -0.3 is 11.1 Å². The van der Waals surface area contributed by atoms with E-state index in [0.29, 0.717) is 0 Å². The fourth-order valence-corrected chi connectivity index (χ4v) is 2.64. The van der Waals surface area contributed by atoms with Gasteiger partial charge in [-0.3, -0.25) is 4.79 Å². The highest BCUT2D eigenvalue weighted by molar-refractivity contribution is 6.30. The molecule has 0 bridgehead atoms. The lowest BCUT2D eigenvalue weighted by molar-refractivity contribution is -0.125. The van der Waals surface area contributed by atoms with Crippen LogP contribution >= 0.6 is 24.0 Å². The summed E-state index contributed by atoms with van der Waals surface area (Å²) >= 11 is 5.74. The van der Waals surface area contributed by atoms with Gasteiger partial charge in [-0.25, -0.2) is 4.39 Å². The van der Waals surface area contributed by atoms with E-state index >= 15 is 0 Å². The minimum absolute atomic E-state index is 0. The molecule has 1 aliphatic rings. The molecular formula is C14H19Cl2FN2O. The molecule has 0 spiro atoms. The number of carbonyl (C=O) groups is 1. The number of hydrogen-bond donors (Lipinski definition) is 2. The number of hydrogen-bond acceptors (Lipinski definition) is 2. The summed E-state index contributed by atoms with van der Waals surface area (Å²) in [7, 11) is 0. The van der Waals surface area contributed by atoms with Crippen molar-refractivity contribution in [3.8, 4) is 0 Å². The molecule has 0 aromatic heterocycles. The van der Waals surface area contributed by atoms with Crippen LogP contribution in [0.15, 0.2) is 18.2 Å². The Balaban J connectivity index is 0.00000200. The molecule has 1 saturated carbocycles. The van der Waals surface area contributed by atoms with E-state index in [1.54, 1.807) is 12.1 Å². The Hall–Kier alpha value is -0.840. The average molecular weight is 321 g/mol. The van der Waals surface area contributed by atoms with E-state index in [9.17, 15) is 9.18 Å². The molecule has 0 radical (unpaired) electrons. The smallest absolute Gasteiger partial charge is 0.223 e. The Morgan fingerprint density at radius 2 is 2.20 bits per heavy atom. The van der Waals surface area contributed by atoms with E-state index in [1.165, 1.54) is 6.07 Å². The minimum atomic E-state index is -0.453. The minimum Gasteiger partial charge on any atom is -0.349 e. The fourth-order valence-electron chi connectivity index (χ4n) is 2.45. The summed E-state index contributed by atoms with van der Waals surface area (Å²) in [6.45, 7) is 1.86. The van der Waals surface area contributed by atoms with Gasteiger partial charge in [0.15, 0.2) is 0 Å². The Labute approximate surface area is 129 Å². The van der Waals surface area contributed by atoms with Gasteiger partial charge in [-0.2, -0.15) is 0 Å². The summed E-state index contributed by atoms with van der Waals surface area (Å²) < 4.78 is 13.1. The van der Waals surface area contributed by atoms with Crippen molar-refractivity contribution in [1.29, 1.82) is 0 Å². The van der Waals surface area contributed by atoms with Crippen LogP contribution in [-0.4, -0.2) is 11.9 Å². The quantitative estimate of drug-likeness (QED) is 0.898. The van der Waals surface area contributed by atoms with Crippen LogP contribution in [-0.2, 0) is 4.79 Å².